The first-order valence-electron chi connectivity index (χ1n) is 9.66. The molecule has 0 saturated heterocycles. The third kappa shape index (κ3) is 6.37. The van der Waals surface area contributed by atoms with Gasteiger partial charge in [0.15, 0.2) is 0 Å². The molecule has 2 rings (SSSR count). The summed E-state index contributed by atoms with van der Waals surface area (Å²) in [5.74, 6) is -0.208. The lowest BCUT2D eigenvalue weighted by atomic mass is 9.94. The molecule has 0 amide bonds. The van der Waals surface area contributed by atoms with Gasteiger partial charge < -0.3 is 9.84 Å². The molecule has 0 aliphatic heterocycles. The minimum absolute atomic E-state index is 0.221. The largest absolute Gasteiger partial charge is 0.462 e. The van der Waals surface area contributed by atoms with Crippen LogP contribution in [0.2, 0.25) is 0 Å². The van der Waals surface area contributed by atoms with Gasteiger partial charge in [0.05, 0.1) is 24.3 Å². The van der Waals surface area contributed by atoms with E-state index in [4.69, 9.17) is 4.74 Å². The van der Waals surface area contributed by atoms with Crippen LogP contribution in [0.3, 0.4) is 0 Å². The Morgan fingerprint density at radius 2 is 1.82 bits per heavy atom. The molecule has 0 aliphatic carbocycles. The summed E-state index contributed by atoms with van der Waals surface area (Å²) in [6.45, 7) is 4.13. The van der Waals surface area contributed by atoms with Crippen molar-refractivity contribution in [1.82, 2.24) is 0 Å². The molecule has 0 aromatic heterocycles. The third-order valence-corrected chi connectivity index (χ3v) is 4.72. The molecule has 1 N–H and O–H groups in total. The van der Waals surface area contributed by atoms with E-state index in [1.165, 1.54) is 6.08 Å². The Kier molecular flexibility index (Phi) is 8.45. The van der Waals surface area contributed by atoms with Gasteiger partial charge in [-0.1, -0.05) is 61.9 Å². The van der Waals surface area contributed by atoms with Crippen molar-refractivity contribution >= 4 is 11.5 Å². The lowest BCUT2D eigenvalue weighted by Crippen LogP contribution is -2.14. The van der Waals surface area contributed by atoms with E-state index >= 15 is 0 Å². The maximum Gasteiger partial charge on any atom is 0.331 e. The average Bonchev–Trinajstić information content (AvgIpc) is 2.72. The van der Waals surface area contributed by atoms with Crippen molar-refractivity contribution in [2.45, 2.75) is 39.2 Å². The van der Waals surface area contributed by atoms with Crippen LogP contribution >= 0.6 is 0 Å². The van der Waals surface area contributed by atoms with E-state index in [0.717, 1.165) is 18.4 Å². The molecule has 0 spiro atoms. The maximum absolute atomic E-state index is 12.5. The first-order valence-corrected chi connectivity index (χ1v) is 9.66. The summed E-state index contributed by atoms with van der Waals surface area (Å²) < 4.78 is 5.49. The van der Waals surface area contributed by atoms with E-state index in [-0.39, 0.29) is 12.0 Å². The molecular weight excluding hydrogens is 350 g/mol. The first kappa shape index (κ1) is 21.4. The second-order valence-corrected chi connectivity index (χ2v) is 6.91. The highest BCUT2D eigenvalue weighted by Crippen LogP contribution is 2.26. The molecule has 2 aromatic rings. The number of nitrogens with zero attached hydrogens (tertiary/aromatic N) is 1. The molecule has 4 heteroatoms. The predicted molar refractivity (Wildman–Crippen MR) is 110 cm³/mol. The van der Waals surface area contributed by atoms with Gasteiger partial charge in [0.2, 0.25) is 0 Å². The number of esters is 1. The van der Waals surface area contributed by atoms with Gasteiger partial charge in [-0.15, -0.1) is 0 Å². The van der Waals surface area contributed by atoms with E-state index in [9.17, 15) is 15.2 Å². The summed E-state index contributed by atoms with van der Waals surface area (Å²) >= 11 is 0. The van der Waals surface area contributed by atoms with Crippen molar-refractivity contribution < 1.29 is 14.6 Å². The fourth-order valence-electron chi connectivity index (χ4n) is 2.99. The fourth-order valence-corrected chi connectivity index (χ4v) is 2.99. The van der Waals surface area contributed by atoms with Gasteiger partial charge in [-0.25, -0.2) is 4.79 Å². The van der Waals surface area contributed by atoms with Crippen LogP contribution in [-0.4, -0.2) is 23.8 Å². The van der Waals surface area contributed by atoms with E-state index in [1.807, 2.05) is 42.5 Å². The zero-order valence-electron chi connectivity index (χ0n) is 16.5. The second-order valence-electron chi connectivity index (χ2n) is 6.91. The number of aliphatic hydroxyl groups is 1. The summed E-state index contributed by atoms with van der Waals surface area (Å²) in [5, 5.41) is 18.9. The van der Waals surface area contributed by atoms with Crippen LogP contribution in [0.5, 0.6) is 0 Å². The molecule has 0 fully saturated rings. The number of carbonyl (C=O) groups excluding carboxylic acids is 1. The number of aliphatic hydroxyl groups excluding tert-OH is 1. The Bertz CT molecular complexity index is 834. The summed E-state index contributed by atoms with van der Waals surface area (Å²) in [7, 11) is 0. The van der Waals surface area contributed by atoms with Crippen LogP contribution < -0.4 is 0 Å². The third-order valence-electron chi connectivity index (χ3n) is 4.72. The van der Waals surface area contributed by atoms with Crippen molar-refractivity contribution in [2.24, 2.45) is 5.92 Å². The van der Waals surface area contributed by atoms with Crippen LogP contribution in [0.1, 0.15) is 49.8 Å². The molecule has 2 unspecified atom stereocenters. The molecule has 2 atom stereocenters. The Hall–Kier alpha value is -2.90. The van der Waals surface area contributed by atoms with E-state index in [0.29, 0.717) is 29.7 Å². The lowest BCUT2D eigenvalue weighted by molar-refractivity contribution is -0.139. The van der Waals surface area contributed by atoms with Gasteiger partial charge in [0.25, 0.3) is 0 Å². The predicted octanol–water partition coefficient (Wildman–Crippen LogP) is 4.72. The van der Waals surface area contributed by atoms with Gasteiger partial charge in [-0.3, -0.25) is 0 Å². The Morgan fingerprint density at radius 1 is 1.14 bits per heavy atom. The SMILES string of the molecule is CCC(CCC(C)O)COC(=O)/C=C(\c1ccccc1)c1ccccc1C#N. The molecule has 0 aliphatic rings. The fraction of sp³-hybridized carbons (Fsp3) is 0.333. The number of ether oxygens (including phenoxy) is 1. The van der Waals surface area contributed by atoms with Gasteiger partial charge in [-0.2, -0.15) is 5.26 Å². The van der Waals surface area contributed by atoms with E-state index in [1.54, 1.807) is 19.1 Å². The Labute approximate surface area is 167 Å². The van der Waals surface area contributed by atoms with Crippen molar-refractivity contribution in [3.8, 4) is 6.07 Å². The zero-order chi connectivity index (χ0) is 20.4. The quantitative estimate of drug-likeness (QED) is 0.507. The van der Waals surface area contributed by atoms with E-state index in [2.05, 4.69) is 13.0 Å². The highest BCUT2D eigenvalue weighted by atomic mass is 16.5. The minimum atomic E-state index is -0.429. The van der Waals surface area contributed by atoms with Gasteiger partial charge in [-0.05, 0) is 42.9 Å². The molecule has 146 valence electrons. The number of carbonyl (C=O) groups is 1. The molecule has 0 saturated carbocycles. The lowest BCUT2D eigenvalue weighted by Gasteiger charge is -2.16. The summed E-state index contributed by atoms with van der Waals surface area (Å²) in [4.78, 5) is 12.5. The molecule has 0 bridgehead atoms. The smallest absolute Gasteiger partial charge is 0.331 e. The summed E-state index contributed by atoms with van der Waals surface area (Å²) in [6, 6.07) is 18.9. The second kappa shape index (κ2) is 11.1. The summed E-state index contributed by atoms with van der Waals surface area (Å²) in [5.41, 5.74) is 2.73. The van der Waals surface area contributed by atoms with Gasteiger partial charge in [0, 0.05) is 11.6 Å². The zero-order valence-corrected chi connectivity index (χ0v) is 16.5. The number of hydrogen-bond acceptors (Lipinski definition) is 4. The van der Waals surface area contributed by atoms with Crippen molar-refractivity contribution in [1.29, 1.82) is 5.26 Å². The number of nitriles is 1. The highest BCUT2D eigenvalue weighted by molar-refractivity contribution is 5.97. The van der Waals surface area contributed by atoms with Crippen LogP contribution in [0.25, 0.3) is 5.57 Å². The first-order chi connectivity index (χ1) is 13.5. The molecule has 2 aromatic carbocycles. The number of rotatable bonds is 9. The van der Waals surface area contributed by atoms with Crippen molar-refractivity contribution in [2.75, 3.05) is 6.61 Å². The summed E-state index contributed by atoms with van der Waals surface area (Å²) in [6.07, 6.45) is 3.50. The molecule has 4 nitrogen and oxygen atoms in total. The molecule has 0 heterocycles. The molecular formula is C24H27NO3. The molecule has 28 heavy (non-hydrogen) atoms. The monoisotopic (exact) mass is 377 g/mol. The number of hydrogen-bond donors (Lipinski definition) is 1. The van der Waals surface area contributed by atoms with E-state index < -0.39 is 5.97 Å². The Balaban J connectivity index is 2.23. The normalized spacial score (nSPS) is 13.4. The minimum Gasteiger partial charge on any atom is -0.462 e. The van der Waals surface area contributed by atoms with Gasteiger partial charge >= 0.3 is 5.97 Å². The van der Waals surface area contributed by atoms with Crippen molar-refractivity contribution in [3.63, 3.8) is 0 Å². The van der Waals surface area contributed by atoms with Crippen LogP contribution in [-0.2, 0) is 9.53 Å². The Morgan fingerprint density at radius 3 is 2.46 bits per heavy atom. The van der Waals surface area contributed by atoms with Crippen LogP contribution in [0.4, 0.5) is 0 Å². The maximum atomic E-state index is 12.5. The molecule has 0 radical (unpaired) electrons. The topological polar surface area (TPSA) is 70.3 Å². The standard InChI is InChI=1S/C24H27NO3/c1-3-19(14-13-18(2)26)17-28-24(27)15-23(20-9-5-4-6-10-20)22-12-8-7-11-21(22)16-25/h4-12,15,18-19,26H,3,13-14,17H2,1-2H3/b23-15+. The van der Waals surface area contributed by atoms with Gasteiger partial charge in [0.1, 0.15) is 0 Å². The average molecular weight is 377 g/mol. The van der Waals surface area contributed by atoms with Crippen LogP contribution in [0, 0.1) is 17.2 Å². The van der Waals surface area contributed by atoms with Crippen molar-refractivity contribution in [3.05, 3.63) is 77.4 Å². The highest BCUT2D eigenvalue weighted by Gasteiger charge is 2.14. The number of benzene rings is 2. The van der Waals surface area contributed by atoms with Crippen LogP contribution in [0.15, 0.2) is 60.7 Å².